The molecular formula is C32H21FN4O5. The molecule has 0 aromatic heterocycles. The molecule has 2 bridgehead atoms. The topological polar surface area (TPSA) is 122 Å². The van der Waals surface area contributed by atoms with Crippen LogP contribution in [-0.2, 0) is 15.0 Å². The van der Waals surface area contributed by atoms with Crippen LogP contribution in [0.4, 0.5) is 15.8 Å². The van der Waals surface area contributed by atoms with Gasteiger partial charge in [0.1, 0.15) is 11.5 Å². The molecule has 4 aliphatic rings. The molecule has 2 atom stereocenters. The van der Waals surface area contributed by atoms with Gasteiger partial charge in [-0.05, 0) is 52.6 Å². The Hall–Kier alpha value is -5.51. The minimum atomic E-state index is -1.27. The molecule has 3 amide bonds. The maximum Gasteiger partial charge on any atom is 0.293 e. The second-order valence-electron chi connectivity index (χ2n) is 10.5. The van der Waals surface area contributed by atoms with E-state index in [0.29, 0.717) is 0 Å². The molecule has 0 spiro atoms. The highest BCUT2D eigenvalue weighted by molar-refractivity contribution is 6.25. The second-order valence-corrected chi connectivity index (χ2v) is 10.5. The van der Waals surface area contributed by atoms with Crippen molar-refractivity contribution in [3.8, 4) is 0 Å². The van der Waals surface area contributed by atoms with Gasteiger partial charge in [-0.2, -0.15) is 5.10 Å². The predicted octanol–water partition coefficient (Wildman–Crippen LogP) is 4.70. The van der Waals surface area contributed by atoms with Crippen molar-refractivity contribution < 1.29 is 23.7 Å². The number of hydrazone groups is 1. The molecule has 1 fully saturated rings. The number of nitrogens with zero attached hydrogens (tertiary/aromatic N) is 3. The third-order valence-corrected chi connectivity index (χ3v) is 8.54. The van der Waals surface area contributed by atoms with E-state index in [2.05, 4.69) is 10.5 Å². The first-order valence-corrected chi connectivity index (χ1v) is 13.2. The zero-order chi connectivity index (χ0) is 29.2. The number of benzene rings is 4. The van der Waals surface area contributed by atoms with Crippen LogP contribution in [0.3, 0.4) is 0 Å². The Morgan fingerprint density at radius 2 is 1.48 bits per heavy atom. The average Bonchev–Trinajstić information content (AvgIpc) is 3.28. The molecule has 9 nitrogen and oxygen atoms in total. The van der Waals surface area contributed by atoms with E-state index in [1.165, 1.54) is 36.5 Å². The van der Waals surface area contributed by atoms with Crippen LogP contribution in [0.2, 0.25) is 0 Å². The van der Waals surface area contributed by atoms with E-state index < -0.39 is 51.6 Å². The fourth-order valence-corrected chi connectivity index (χ4v) is 6.95. The average molecular weight is 561 g/mol. The van der Waals surface area contributed by atoms with Crippen LogP contribution in [-0.4, -0.2) is 28.9 Å². The summed E-state index contributed by atoms with van der Waals surface area (Å²) < 4.78 is 13.4. The Morgan fingerprint density at radius 3 is 2.12 bits per heavy atom. The number of nitro groups is 1. The number of imide groups is 1. The van der Waals surface area contributed by atoms with Crippen LogP contribution in [0.25, 0.3) is 0 Å². The molecule has 4 aromatic rings. The molecule has 0 unspecified atom stereocenters. The number of nitrogens with one attached hydrogen (secondary N) is 1. The number of hydrogen-bond donors (Lipinski definition) is 1. The van der Waals surface area contributed by atoms with Gasteiger partial charge in [-0.1, -0.05) is 60.7 Å². The molecule has 3 aliphatic carbocycles. The van der Waals surface area contributed by atoms with Crippen LogP contribution in [0.5, 0.6) is 0 Å². The number of nitro benzene ring substituents is 1. The van der Waals surface area contributed by atoms with Crippen LogP contribution in [0.1, 0.15) is 38.5 Å². The molecule has 8 rings (SSSR count). The first-order chi connectivity index (χ1) is 20.3. The number of rotatable bonds is 5. The Morgan fingerprint density at radius 1 is 0.881 bits per heavy atom. The van der Waals surface area contributed by atoms with E-state index in [4.69, 9.17) is 0 Å². The van der Waals surface area contributed by atoms with Gasteiger partial charge in [0.05, 0.1) is 22.2 Å². The van der Waals surface area contributed by atoms with Gasteiger partial charge in [0.2, 0.25) is 11.8 Å². The smallest absolute Gasteiger partial charge is 0.274 e. The molecule has 1 saturated heterocycles. The lowest BCUT2D eigenvalue weighted by atomic mass is 9.47. The van der Waals surface area contributed by atoms with Crippen molar-refractivity contribution in [2.75, 3.05) is 4.90 Å². The van der Waals surface area contributed by atoms with E-state index >= 15 is 0 Å². The van der Waals surface area contributed by atoms with Gasteiger partial charge < -0.3 is 0 Å². The molecule has 10 heteroatoms. The number of para-hydroxylation sites is 2. The second kappa shape index (κ2) is 9.27. The fraction of sp³-hybridized carbons (Fsp3) is 0.125. The highest BCUT2D eigenvalue weighted by atomic mass is 19.1. The van der Waals surface area contributed by atoms with Crippen molar-refractivity contribution >= 4 is 35.3 Å². The number of carbonyl (C=O) groups is 3. The van der Waals surface area contributed by atoms with Gasteiger partial charge in [-0.3, -0.25) is 24.5 Å². The Balaban J connectivity index is 1.41. The Bertz CT molecular complexity index is 1810. The van der Waals surface area contributed by atoms with Crippen LogP contribution in [0, 0.1) is 27.8 Å². The third kappa shape index (κ3) is 3.41. The summed E-state index contributed by atoms with van der Waals surface area (Å²) in [6, 6.07) is 25.7. The normalized spacial score (nSPS) is 23.5. The Labute approximate surface area is 238 Å². The molecule has 1 aliphatic heterocycles. The molecule has 0 saturated carbocycles. The summed E-state index contributed by atoms with van der Waals surface area (Å²) in [6.07, 6.45) is 1.49. The first-order valence-electron chi connectivity index (χ1n) is 13.2. The summed E-state index contributed by atoms with van der Waals surface area (Å²) >= 11 is 0. The molecule has 42 heavy (non-hydrogen) atoms. The van der Waals surface area contributed by atoms with Gasteiger partial charge >= 0.3 is 0 Å². The van der Waals surface area contributed by atoms with E-state index in [1.54, 1.807) is 6.07 Å². The van der Waals surface area contributed by atoms with Crippen molar-refractivity contribution in [3.63, 3.8) is 0 Å². The molecule has 206 valence electrons. The van der Waals surface area contributed by atoms with Crippen molar-refractivity contribution in [1.82, 2.24) is 5.43 Å². The van der Waals surface area contributed by atoms with Crippen molar-refractivity contribution in [1.29, 1.82) is 0 Å². The number of halogens is 1. The molecule has 4 aromatic carbocycles. The highest BCUT2D eigenvalue weighted by Gasteiger charge is 2.68. The van der Waals surface area contributed by atoms with E-state index in [-0.39, 0.29) is 16.9 Å². The standard InChI is InChI=1S/C32H21FN4O5/c33-19-15-13-18(14-16-19)29(38)35-34-17-32-22-9-3-1-7-20(22)26(21-8-2-4-10-23(21)32)27-28(32)31(40)36(30(27)39)24-11-5-6-12-25(24)37(41)42/h1-17,26-28H,(H,35,38)/b34-17+/t26?,27-,28+,32?/m0/s1. The molecule has 1 heterocycles. The molecule has 1 N–H and O–H groups in total. The van der Waals surface area contributed by atoms with Gasteiger partial charge in [0.15, 0.2) is 0 Å². The Kier molecular flexibility index (Phi) is 5.62. The zero-order valence-electron chi connectivity index (χ0n) is 21.8. The third-order valence-electron chi connectivity index (χ3n) is 8.54. The van der Waals surface area contributed by atoms with Gasteiger partial charge in [0, 0.05) is 23.8 Å². The number of anilines is 1. The summed E-state index contributed by atoms with van der Waals surface area (Å²) in [6.45, 7) is 0. The highest BCUT2D eigenvalue weighted by Crippen LogP contribution is 2.63. The lowest BCUT2D eigenvalue weighted by molar-refractivity contribution is -0.384. The van der Waals surface area contributed by atoms with E-state index in [1.807, 2.05) is 48.5 Å². The summed E-state index contributed by atoms with van der Waals surface area (Å²) in [4.78, 5) is 53.6. The quantitative estimate of drug-likeness (QED) is 0.164. The lowest BCUT2D eigenvalue weighted by Gasteiger charge is -2.52. The lowest BCUT2D eigenvalue weighted by Crippen LogP contribution is -2.54. The monoisotopic (exact) mass is 560 g/mol. The van der Waals surface area contributed by atoms with Crippen LogP contribution >= 0.6 is 0 Å². The van der Waals surface area contributed by atoms with Crippen molar-refractivity contribution in [2.45, 2.75) is 11.3 Å². The number of amides is 3. The van der Waals surface area contributed by atoms with Crippen LogP contribution in [0.15, 0.2) is 102 Å². The van der Waals surface area contributed by atoms with Crippen LogP contribution < -0.4 is 10.3 Å². The minimum absolute atomic E-state index is 0.0869. The maximum absolute atomic E-state index is 14.4. The van der Waals surface area contributed by atoms with Crippen molar-refractivity contribution in [2.24, 2.45) is 16.9 Å². The number of hydrogen-bond acceptors (Lipinski definition) is 6. The minimum Gasteiger partial charge on any atom is -0.274 e. The molecular weight excluding hydrogens is 539 g/mol. The van der Waals surface area contributed by atoms with Gasteiger partial charge in [-0.15, -0.1) is 0 Å². The fourth-order valence-electron chi connectivity index (χ4n) is 6.95. The summed E-state index contributed by atoms with van der Waals surface area (Å²) in [7, 11) is 0. The molecule has 0 radical (unpaired) electrons. The van der Waals surface area contributed by atoms with Gasteiger partial charge in [0.25, 0.3) is 11.6 Å². The predicted molar refractivity (Wildman–Crippen MR) is 150 cm³/mol. The summed E-state index contributed by atoms with van der Waals surface area (Å²) in [5.74, 6) is -4.48. The first kappa shape index (κ1) is 25.5. The largest absolute Gasteiger partial charge is 0.293 e. The summed E-state index contributed by atoms with van der Waals surface area (Å²) in [5, 5.41) is 16.2. The van der Waals surface area contributed by atoms with Gasteiger partial charge in [-0.25, -0.2) is 14.7 Å². The zero-order valence-corrected chi connectivity index (χ0v) is 21.8. The number of carbonyl (C=O) groups excluding carboxylic acids is 3. The SMILES string of the molecule is O=C(N/N=C/C12c3ccccc3C(c3ccccc31)[C@@H]1C(=O)N(c3ccccc3[N+](=O)[O-])C(=O)[C@@H]12)c1ccc(F)cc1. The van der Waals surface area contributed by atoms with E-state index in [9.17, 15) is 28.9 Å². The summed E-state index contributed by atoms with van der Waals surface area (Å²) in [5.41, 5.74) is 4.18. The van der Waals surface area contributed by atoms with E-state index in [0.717, 1.165) is 39.3 Å². The maximum atomic E-state index is 14.4. The van der Waals surface area contributed by atoms with Crippen molar-refractivity contribution in [3.05, 3.63) is 141 Å².